The predicted octanol–water partition coefficient (Wildman–Crippen LogP) is 2.51. The molecule has 0 spiro atoms. The number of hydrogen-bond acceptors (Lipinski definition) is 2. The lowest BCUT2D eigenvalue weighted by atomic mass is 9.89. The highest BCUT2D eigenvalue weighted by molar-refractivity contribution is 6.32. The minimum absolute atomic E-state index is 0.169. The highest BCUT2D eigenvalue weighted by Gasteiger charge is 2.46. The van der Waals surface area contributed by atoms with E-state index in [1.807, 2.05) is 6.92 Å². The number of likely N-dealkylation sites (N-methyl/N-ethyl adjacent to an activating group) is 1. The number of rotatable bonds is 2. The Kier molecular flexibility index (Phi) is 3.02. The zero-order chi connectivity index (χ0) is 13.5. The van der Waals surface area contributed by atoms with Gasteiger partial charge in [-0.15, -0.1) is 0 Å². The Hall–Kier alpha value is -1.62. The third-order valence-electron chi connectivity index (χ3n) is 3.26. The number of carbonyl (C=O) groups is 1. The summed E-state index contributed by atoms with van der Waals surface area (Å²) in [5.74, 6) is -0.266. The summed E-state index contributed by atoms with van der Waals surface area (Å²) < 4.78 is 13.1. The Morgan fingerprint density at radius 1 is 1.56 bits per heavy atom. The third kappa shape index (κ3) is 1.66. The molecule has 1 aliphatic rings. The van der Waals surface area contributed by atoms with E-state index in [2.05, 4.69) is 4.99 Å². The van der Waals surface area contributed by atoms with Crippen molar-refractivity contribution in [3.8, 4) is 0 Å². The number of amidine groups is 1. The van der Waals surface area contributed by atoms with E-state index < -0.39 is 17.4 Å². The number of nitrogens with zero attached hydrogens (tertiary/aromatic N) is 2. The molecule has 96 valence electrons. The van der Waals surface area contributed by atoms with Crippen molar-refractivity contribution in [1.82, 2.24) is 4.90 Å². The van der Waals surface area contributed by atoms with E-state index in [4.69, 9.17) is 17.3 Å². The second-order valence-electron chi connectivity index (χ2n) is 4.22. The lowest BCUT2D eigenvalue weighted by molar-refractivity contribution is 0.183. The third-order valence-corrected chi connectivity index (χ3v) is 3.57. The summed E-state index contributed by atoms with van der Waals surface area (Å²) in [6, 6.07) is 3.61. The van der Waals surface area contributed by atoms with Gasteiger partial charge in [-0.3, -0.25) is 0 Å². The molecule has 1 heterocycles. The van der Waals surface area contributed by atoms with Gasteiger partial charge in [-0.05, 0) is 26.0 Å². The van der Waals surface area contributed by atoms with Gasteiger partial charge in [0.05, 0.1) is 0 Å². The van der Waals surface area contributed by atoms with Gasteiger partial charge in [-0.1, -0.05) is 17.7 Å². The summed E-state index contributed by atoms with van der Waals surface area (Å²) >= 11 is 6.05. The molecule has 0 radical (unpaired) electrons. The van der Waals surface area contributed by atoms with Gasteiger partial charge in [-0.25, -0.2) is 9.18 Å². The number of amides is 2. The van der Waals surface area contributed by atoms with Crippen LogP contribution in [0.2, 0.25) is 5.02 Å². The second kappa shape index (κ2) is 4.24. The van der Waals surface area contributed by atoms with E-state index in [9.17, 15) is 9.18 Å². The fraction of sp³-hybridized carbons (Fsp3) is 0.333. The summed E-state index contributed by atoms with van der Waals surface area (Å²) in [5.41, 5.74) is 5.49. The zero-order valence-electron chi connectivity index (χ0n) is 10.1. The van der Waals surface area contributed by atoms with E-state index in [-0.39, 0.29) is 10.9 Å². The highest BCUT2D eigenvalue weighted by Crippen LogP contribution is 2.37. The largest absolute Gasteiger partial charge is 0.385 e. The van der Waals surface area contributed by atoms with Crippen LogP contribution >= 0.6 is 11.6 Å². The molecule has 0 fully saturated rings. The molecule has 18 heavy (non-hydrogen) atoms. The topological polar surface area (TPSA) is 58.7 Å². The number of urea groups is 1. The van der Waals surface area contributed by atoms with Crippen LogP contribution in [0.4, 0.5) is 9.18 Å². The summed E-state index contributed by atoms with van der Waals surface area (Å²) in [5, 5.41) is 0.226. The summed E-state index contributed by atoms with van der Waals surface area (Å²) in [4.78, 5) is 17.0. The SMILES string of the molecule is CCN1C(=O)N=C(N)C1(C)c1ccc(F)cc1Cl. The molecule has 2 amide bonds. The summed E-state index contributed by atoms with van der Waals surface area (Å²) in [6.07, 6.45) is 0. The minimum atomic E-state index is -0.920. The molecule has 0 bridgehead atoms. The first-order valence-corrected chi connectivity index (χ1v) is 5.90. The fourth-order valence-electron chi connectivity index (χ4n) is 2.22. The van der Waals surface area contributed by atoms with Crippen molar-refractivity contribution in [2.75, 3.05) is 6.54 Å². The molecule has 1 atom stereocenters. The summed E-state index contributed by atoms with van der Waals surface area (Å²) in [6.45, 7) is 4.01. The molecular formula is C12H13ClFN3O. The average Bonchev–Trinajstić information content (AvgIpc) is 2.49. The minimum Gasteiger partial charge on any atom is -0.385 e. The molecule has 1 aromatic rings. The van der Waals surface area contributed by atoms with Crippen LogP contribution in [0, 0.1) is 5.82 Å². The van der Waals surface area contributed by atoms with Gasteiger partial charge in [0.1, 0.15) is 17.2 Å². The van der Waals surface area contributed by atoms with E-state index in [0.717, 1.165) is 0 Å². The van der Waals surface area contributed by atoms with E-state index >= 15 is 0 Å². The Morgan fingerprint density at radius 2 is 2.22 bits per heavy atom. The predicted molar refractivity (Wildman–Crippen MR) is 68.2 cm³/mol. The molecular weight excluding hydrogens is 257 g/mol. The zero-order valence-corrected chi connectivity index (χ0v) is 10.8. The van der Waals surface area contributed by atoms with Crippen LogP contribution in [0.1, 0.15) is 19.4 Å². The van der Waals surface area contributed by atoms with Crippen molar-refractivity contribution in [1.29, 1.82) is 0 Å². The lowest BCUT2D eigenvalue weighted by Gasteiger charge is -2.35. The Labute approximate surface area is 109 Å². The molecule has 0 saturated heterocycles. The maximum atomic E-state index is 13.1. The molecule has 0 aliphatic carbocycles. The fourth-order valence-corrected chi connectivity index (χ4v) is 2.57. The van der Waals surface area contributed by atoms with E-state index in [1.54, 1.807) is 6.92 Å². The van der Waals surface area contributed by atoms with Crippen molar-refractivity contribution >= 4 is 23.5 Å². The second-order valence-corrected chi connectivity index (χ2v) is 4.63. The van der Waals surface area contributed by atoms with Crippen molar-refractivity contribution in [3.63, 3.8) is 0 Å². The first-order chi connectivity index (χ1) is 8.41. The molecule has 0 saturated carbocycles. The number of halogens is 2. The molecule has 0 aromatic heterocycles. The molecule has 1 unspecified atom stereocenters. The number of aliphatic imine (C=N–C) groups is 1. The molecule has 2 N–H and O–H groups in total. The molecule has 1 aliphatic heterocycles. The first kappa shape index (κ1) is 12.8. The number of carbonyl (C=O) groups excluding carboxylic acids is 1. The van der Waals surface area contributed by atoms with Crippen LogP contribution in [-0.4, -0.2) is 23.3 Å². The number of nitrogens with two attached hydrogens (primary N) is 1. The smallest absolute Gasteiger partial charge is 0.346 e. The van der Waals surface area contributed by atoms with Crippen LogP contribution < -0.4 is 5.73 Å². The maximum absolute atomic E-state index is 13.1. The van der Waals surface area contributed by atoms with Gasteiger partial charge in [0.2, 0.25) is 0 Å². The molecule has 2 rings (SSSR count). The van der Waals surface area contributed by atoms with Gasteiger partial charge in [-0.2, -0.15) is 4.99 Å². The van der Waals surface area contributed by atoms with Crippen molar-refractivity contribution in [2.45, 2.75) is 19.4 Å². The van der Waals surface area contributed by atoms with Crippen LogP contribution in [0.3, 0.4) is 0 Å². The molecule has 4 nitrogen and oxygen atoms in total. The number of hydrogen-bond donors (Lipinski definition) is 1. The highest BCUT2D eigenvalue weighted by atomic mass is 35.5. The van der Waals surface area contributed by atoms with Gasteiger partial charge >= 0.3 is 6.03 Å². The number of benzene rings is 1. The van der Waals surface area contributed by atoms with Crippen molar-refractivity contribution < 1.29 is 9.18 Å². The standard InChI is InChI=1S/C12H13ClFN3O/c1-3-17-11(18)16-10(15)12(17,2)8-5-4-7(14)6-9(8)13/h4-6H,3H2,1-2H3,(H2,15,16,18). The monoisotopic (exact) mass is 269 g/mol. The van der Waals surface area contributed by atoms with Crippen molar-refractivity contribution in [2.24, 2.45) is 10.7 Å². The van der Waals surface area contributed by atoms with Gasteiger partial charge in [0.15, 0.2) is 0 Å². The van der Waals surface area contributed by atoms with E-state index in [1.165, 1.54) is 23.1 Å². The van der Waals surface area contributed by atoms with Crippen LogP contribution in [-0.2, 0) is 5.54 Å². The maximum Gasteiger partial charge on any atom is 0.346 e. The Bertz CT molecular complexity index is 546. The molecule has 1 aromatic carbocycles. The van der Waals surface area contributed by atoms with E-state index in [0.29, 0.717) is 12.1 Å². The quantitative estimate of drug-likeness (QED) is 0.897. The summed E-state index contributed by atoms with van der Waals surface area (Å²) in [7, 11) is 0. The van der Waals surface area contributed by atoms with Crippen LogP contribution in [0.15, 0.2) is 23.2 Å². The van der Waals surface area contributed by atoms with Crippen LogP contribution in [0.5, 0.6) is 0 Å². The van der Waals surface area contributed by atoms with Crippen molar-refractivity contribution in [3.05, 3.63) is 34.6 Å². The van der Waals surface area contributed by atoms with Gasteiger partial charge < -0.3 is 10.6 Å². The van der Waals surface area contributed by atoms with Crippen LogP contribution in [0.25, 0.3) is 0 Å². The Morgan fingerprint density at radius 3 is 2.78 bits per heavy atom. The normalized spacial score (nSPS) is 23.4. The van der Waals surface area contributed by atoms with Gasteiger partial charge in [0.25, 0.3) is 0 Å². The molecule has 6 heteroatoms. The van der Waals surface area contributed by atoms with Gasteiger partial charge in [0, 0.05) is 17.1 Å². The average molecular weight is 270 g/mol. The first-order valence-electron chi connectivity index (χ1n) is 5.53. The Balaban J connectivity index is 2.60. The lowest BCUT2D eigenvalue weighted by Crippen LogP contribution is -2.49.